The molecule has 1 saturated heterocycles. The van der Waals surface area contributed by atoms with Gasteiger partial charge in [-0.05, 0) is 25.3 Å². The Morgan fingerprint density at radius 3 is 2.57 bits per heavy atom. The molecule has 0 radical (unpaired) electrons. The number of rotatable bonds is 4. The molecule has 0 saturated carbocycles. The van der Waals surface area contributed by atoms with Crippen molar-refractivity contribution in [3.63, 3.8) is 0 Å². The molecule has 1 aliphatic rings. The molecule has 0 spiro atoms. The van der Waals surface area contributed by atoms with E-state index in [0.29, 0.717) is 13.0 Å². The van der Waals surface area contributed by atoms with Crippen molar-refractivity contribution in [2.75, 3.05) is 19.6 Å². The first-order valence-electron chi connectivity index (χ1n) is 8.12. The Labute approximate surface area is 141 Å². The molecule has 1 aliphatic heterocycles. The van der Waals surface area contributed by atoms with Gasteiger partial charge >= 0.3 is 0 Å². The molecule has 2 heterocycles. The van der Waals surface area contributed by atoms with Crippen molar-refractivity contribution in [3.8, 4) is 0 Å². The van der Waals surface area contributed by atoms with Crippen LogP contribution in [0.25, 0.3) is 0 Å². The van der Waals surface area contributed by atoms with Gasteiger partial charge in [-0.1, -0.05) is 30.3 Å². The van der Waals surface area contributed by atoms with Gasteiger partial charge in [-0.3, -0.25) is 4.79 Å². The molecule has 0 aliphatic carbocycles. The molecule has 4 nitrogen and oxygen atoms in total. The predicted molar refractivity (Wildman–Crippen MR) is 93.6 cm³/mol. The number of carbonyl (C=O) groups excluding carboxylic acids is 1. The minimum absolute atomic E-state index is 0.0779. The number of carbonyl (C=O) groups is 1. The lowest BCUT2D eigenvalue weighted by atomic mass is 9.70. The first-order chi connectivity index (χ1) is 11.2. The van der Waals surface area contributed by atoms with Crippen LogP contribution in [0.4, 0.5) is 0 Å². The zero-order valence-corrected chi connectivity index (χ0v) is 14.3. The number of hydrogen-bond donors (Lipinski definition) is 1. The highest BCUT2D eigenvalue weighted by molar-refractivity contribution is 7.09. The third-order valence-electron chi connectivity index (χ3n) is 4.76. The Bertz CT molecular complexity index is 660. The third kappa shape index (κ3) is 3.16. The Kier molecular flexibility index (Phi) is 4.78. The summed E-state index contributed by atoms with van der Waals surface area (Å²) >= 11 is 1.70. The average Bonchev–Trinajstić information content (AvgIpc) is 3.03. The van der Waals surface area contributed by atoms with E-state index in [9.17, 15) is 4.79 Å². The van der Waals surface area contributed by atoms with Crippen LogP contribution in [0.2, 0.25) is 0 Å². The van der Waals surface area contributed by atoms with Gasteiger partial charge in [0.05, 0.1) is 10.7 Å². The van der Waals surface area contributed by atoms with E-state index in [-0.39, 0.29) is 11.3 Å². The van der Waals surface area contributed by atoms with Crippen molar-refractivity contribution in [1.29, 1.82) is 0 Å². The second kappa shape index (κ2) is 6.81. The van der Waals surface area contributed by atoms with Gasteiger partial charge in [0.1, 0.15) is 0 Å². The molecular formula is C18H23N3OS. The van der Waals surface area contributed by atoms with E-state index >= 15 is 0 Å². The van der Waals surface area contributed by atoms with E-state index in [0.717, 1.165) is 36.6 Å². The summed E-state index contributed by atoms with van der Waals surface area (Å²) in [7, 11) is 0. The lowest BCUT2D eigenvalue weighted by Crippen LogP contribution is -2.46. The van der Waals surface area contributed by atoms with E-state index in [2.05, 4.69) is 29.6 Å². The topological polar surface area (TPSA) is 59.2 Å². The molecule has 2 aromatic rings. The minimum Gasteiger partial charge on any atom is -0.343 e. The number of thiazole rings is 1. The highest BCUT2D eigenvalue weighted by Crippen LogP contribution is 2.41. The van der Waals surface area contributed by atoms with Gasteiger partial charge in [0, 0.05) is 36.9 Å². The smallest absolute Gasteiger partial charge is 0.223 e. The molecule has 1 aromatic carbocycles. The third-order valence-corrected chi connectivity index (χ3v) is 5.54. The monoisotopic (exact) mass is 329 g/mol. The molecule has 1 aromatic heterocycles. The highest BCUT2D eigenvalue weighted by atomic mass is 32.1. The normalized spacial score (nSPS) is 17.2. The second-order valence-electron chi connectivity index (χ2n) is 6.12. The number of amides is 1. The quantitative estimate of drug-likeness (QED) is 0.938. The van der Waals surface area contributed by atoms with E-state index < -0.39 is 0 Å². The number of benzene rings is 1. The van der Waals surface area contributed by atoms with Gasteiger partial charge in [0.2, 0.25) is 5.91 Å². The van der Waals surface area contributed by atoms with Crippen molar-refractivity contribution >= 4 is 17.2 Å². The number of aromatic nitrogens is 1. The fourth-order valence-electron chi connectivity index (χ4n) is 3.45. The van der Waals surface area contributed by atoms with Crippen LogP contribution in [0.5, 0.6) is 0 Å². The Hall–Kier alpha value is -1.72. The first-order valence-corrected chi connectivity index (χ1v) is 9.00. The van der Waals surface area contributed by atoms with Crippen LogP contribution in [0.1, 0.15) is 35.5 Å². The van der Waals surface area contributed by atoms with Crippen molar-refractivity contribution in [2.24, 2.45) is 5.73 Å². The van der Waals surface area contributed by atoms with Gasteiger partial charge in [-0.15, -0.1) is 11.3 Å². The van der Waals surface area contributed by atoms with Crippen LogP contribution in [0.15, 0.2) is 35.7 Å². The van der Waals surface area contributed by atoms with Crippen LogP contribution >= 0.6 is 11.3 Å². The molecule has 23 heavy (non-hydrogen) atoms. The van der Waals surface area contributed by atoms with Crippen molar-refractivity contribution in [2.45, 2.75) is 31.6 Å². The number of nitrogens with zero attached hydrogens (tertiary/aromatic N) is 2. The number of hydrogen-bond acceptors (Lipinski definition) is 4. The summed E-state index contributed by atoms with van der Waals surface area (Å²) in [6.45, 7) is 4.01. The van der Waals surface area contributed by atoms with Gasteiger partial charge < -0.3 is 10.6 Å². The average molecular weight is 329 g/mol. The van der Waals surface area contributed by atoms with E-state index in [1.54, 1.807) is 11.3 Å². The number of nitrogens with two attached hydrogens (primary N) is 1. The minimum atomic E-state index is -0.0779. The summed E-state index contributed by atoms with van der Waals surface area (Å²) in [6.07, 6.45) is 2.27. The SMILES string of the molecule is Cc1nc(C2(c3ccccc3)CCN(C(=O)CCN)CC2)cs1. The Balaban J connectivity index is 1.89. The lowest BCUT2D eigenvalue weighted by molar-refractivity contribution is -0.132. The van der Waals surface area contributed by atoms with Gasteiger partial charge in [0.25, 0.3) is 0 Å². The van der Waals surface area contributed by atoms with Gasteiger partial charge in [0.15, 0.2) is 0 Å². The zero-order chi connectivity index (χ0) is 16.3. The Morgan fingerprint density at radius 1 is 1.30 bits per heavy atom. The Morgan fingerprint density at radius 2 is 2.00 bits per heavy atom. The number of piperidine rings is 1. The molecule has 2 N–H and O–H groups in total. The molecule has 0 bridgehead atoms. The zero-order valence-electron chi connectivity index (χ0n) is 13.5. The van der Waals surface area contributed by atoms with E-state index in [1.165, 1.54) is 5.56 Å². The first kappa shape index (κ1) is 16.1. The fraction of sp³-hybridized carbons (Fsp3) is 0.444. The maximum atomic E-state index is 12.1. The largest absolute Gasteiger partial charge is 0.343 e. The van der Waals surface area contributed by atoms with E-state index in [4.69, 9.17) is 10.7 Å². The standard InChI is InChI=1S/C18H23N3OS/c1-14-20-16(13-23-14)18(15-5-3-2-4-6-15)8-11-21(12-9-18)17(22)7-10-19/h2-6,13H,7-12,19H2,1H3. The maximum Gasteiger partial charge on any atom is 0.223 e. The van der Waals surface area contributed by atoms with Crippen LogP contribution in [0.3, 0.4) is 0 Å². The van der Waals surface area contributed by atoms with Crippen LogP contribution in [-0.2, 0) is 10.2 Å². The van der Waals surface area contributed by atoms with Crippen LogP contribution < -0.4 is 5.73 Å². The molecule has 0 atom stereocenters. The summed E-state index contributed by atoms with van der Waals surface area (Å²) in [5, 5.41) is 3.27. The maximum absolute atomic E-state index is 12.1. The second-order valence-corrected chi connectivity index (χ2v) is 7.18. The van der Waals surface area contributed by atoms with Crippen molar-refractivity contribution in [3.05, 3.63) is 52.0 Å². The fourth-order valence-corrected chi connectivity index (χ4v) is 4.16. The van der Waals surface area contributed by atoms with Crippen LogP contribution in [-0.4, -0.2) is 35.4 Å². The summed E-state index contributed by atoms with van der Waals surface area (Å²) in [5.74, 6) is 0.170. The number of likely N-dealkylation sites (tertiary alicyclic amines) is 1. The number of aryl methyl sites for hydroxylation is 1. The van der Waals surface area contributed by atoms with Gasteiger partial charge in [-0.25, -0.2) is 4.98 Å². The van der Waals surface area contributed by atoms with Crippen LogP contribution in [0, 0.1) is 6.92 Å². The van der Waals surface area contributed by atoms with Gasteiger partial charge in [-0.2, -0.15) is 0 Å². The van der Waals surface area contributed by atoms with Crippen molar-refractivity contribution in [1.82, 2.24) is 9.88 Å². The molecule has 1 fully saturated rings. The molecule has 0 unspecified atom stereocenters. The molecule has 1 amide bonds. The summed E-state index contributed by atoms with van der Waals surface area (Å²) in [6, 6.07) is 10.6. The summed E-state index contributed by atoms with van der Waals surface area (Å²) in [4.78, 5) is 18.9. The lowest BCUT2D eigenvalue weighted by Gasteiger charge is -2.41. The molecule has 122 valence electrons. The summed E-state index contributed by atoms with van der Waals surface area (Å²) < 4.78 is 0. The van der Waals surface area contributed by atoms with E-state index in [1.807, 2.05) is 17.9 Å². The predicted octanol–water partition coefficient (Wildman–Crippen LogP) is 2.71. The highest BCUT2D eigenvalue weighted by Gasteiger charge is 2.40. The summed E-state index contributed by atoms with van der Waals surface area (Å²) in [5.41, 5.74) is 7.89. The van der Waals surface area contributed by atoms with Crippen molar-refractivity contribution < 1.29 is 4.79 Å². The molecule has 3 rings (SSSR count). The molecular weight excluding hydrogens is 306 g/mol. The molecule has 5 heteroatoms.